The molecular formula is C18H12FN3O4. The normalized spacial score (nSPS) is 11.1. The third kappa shape index (κ3) is 2.57. The lowest BCUT2D eigenvalue weighted by Gasteiger charge is -2.06. The zero-order valence-corrected chi connectivity index (χ0v) is 13.3. The summed E-state index contributed by atoms with van der Waals surface area (Å²) in [5.41, 5.74) is -0.0803. The molecule has 4 rings (SSSR count). The van der Waals surface area contributed by atoms with Gasteiger partial charge in [0.15, 0.2) is 16.9 Å². The Labute approximate surface area is 145 Å². The van der Waals surface area contributed by atoms with Gasteiger partial charge in [0.2, 0.25) is 5.75 Å². The van der Waals surface area contributed by atoms with E-state index in [0.717, 1.165) is 4.57 Å². The highest BCUT2D eigenvalue weighted by molar-refractivity contribution is 5.97. The van der Waals surface area contributed by atoms with Crippen molar-refractivity contribution in [2.24, 2.45) is 0 Å². The van der Waals surface area contributed by atoms with Crippen LogP contribution in [-0.4, -0.2) is 20.6 Å². The second kappa shape index (κ2) is 5.99. The molecule has 2 aromatic heterocycles. The van der Waals surface area contributed by atoms with E-state index in [4.69, 9.17) is 4.52 Å². The van der Waals surface area contributed by atoms with Gasteiger partial charge in [-0.05, 0) is 29.8 Å². The van der Waals surface area contributed by atoms with Gasteiger partial charge in [0.05, 0.1) is 5.39 Å². The van der Waals surface area contributed by atoms with Crippen LogP contribution in [0.1, 0.15) is 16.1 Å². The Morgan fingerprint density at radius 2 is 1.92 bits per heavy atom. The van der Waals surface area contributed by atoms with Crippen molar-refractivity contribution in [3.63, 3.8) is 0 Å². The first-order chi connectivity index (χ1) is 12.5. The number of para-hydroxylation sites is 1. The van der Waals surface area contributed by atoms with Crippen LogP contribution < -0.4 is 10.9 Å². The predicted molar refractivity (Wildman–Crippen MR) is 90.5 cm³/mol. The van der Waals surface area contributed by atoms with Gasteiger partial charge in [0, 0.05) is 6.54 Å². The minimum Gasteiger partial charge on any atom is -0.501 e. The molecule has 0 fully saturated rings. The molecule has 0 aliphatic heterocycles. The fourth-order valence-corrected chi connectivity index (χ4v) is 2.61. The molecule has 0 aliphatic rings. The van der Waals surface area contributed by atoms with Gasteiger partial charge in [-0.15, -0.1) is 4.57 Å². The molecule has 0 bridgehead atoms. The number of nitrogens with one attached hydrogen (secondary N) is 1. The number of hydrogen-bond donors (Lipinski definition) is 2. The number of carbonyl (C=O) groups excluding carboxylic acids is 1. The molecule has 0 saturated heterocycles. The fraction of sp³-hybridized carbons (Fsp3) is 0.0556. The maximum atomic E-state index is 12.9. The maximum absolute atomic E-state index is 12.9. The Kier molecular flexibility index (Phi) is 3.65. The molecule has 0 radical (unpaired) electrons. The summed E-state index contributed by atoms with van der Waals surface area (Å²) in [7, 11) is 0. The summed E-state index contributed by atoms with van der Waals surface area (Å²) in [6, 6.07) is 12.4. The van der Waals surface area contributed by atoms with Gasteiger partial charge in [0.1, 0.15) is 5.82 Å². The monoisotopic (exact) mass is 353 g/mol. The minimum atomic E-state index is -0.877. The van der Waals surface area contributed by atoms with Crippen LogP contribution in [0.5, 0.6) is 5.75 Å². The average Bonchev–Trinajstić information content (AvgIpc) is 3.03. The number of carbonyl (C=O) groups is 1. The topological polar surface area (TPSA) is 96.8 Å². The third-order valence-corrected chi connectivity index (χ3v) is 3.92. The molecule has 0 aliphatic carbocycles. The molecular weight excluding hydrogens is 341 g/mol. The van der Waals surface area contributed by atoms with Crippen LogP contribution in [0.15, 0.2) is 57.8 Å². The molecule has 2 heterocycles. The van der Waals surface area contributed by atoms with Crippen LogP contribution >= 0.6 is 0 Å². The van der Waals surface area contributed by atoms with E-state index >= 15 is 0 Å². The van der Waals surface area contributed by atoms with Crippen molar-refractivity contribution in [2.75, 3.05) is 0 Å². The van der Waals surface area contributed by atoms with Crippen LogP contribution in [0.25, 0.3) is 16.6 Å². The molecule has 0 spiro atoms. The largest absolute Gasteiger partial charge is 0.501 e. The molecule has 1 amide bonds. The van der Waals surface area contributed by atoms with Crippen molar-refractivity contribution < 1.29 is 18.8 Å². The second-order valence-corrected chi connectivity index (χ2v) is 5.63. The summed E-state index contributed by atoms with van der Waals surface area (Å²) in [6.07, 6.45) is 0. The smallest absolute Gasteiger partial charge is 0.330 e. The predicted octanol–water partition coefficient (Wildman–Crippen LogP) is 2.22. The molecule has 8 heteroatoms. The van der Waals surface area contributed by atoms with Gasteiger partial charge >= 0.3 is 5.56 Å². The summed E-state index contributed by atoms with van der Waals surface area (Å²) in [5, 5.41) is 13.1. The summed E-state index contributed by atoms with van der Waals surface area (Å²) in [6.45, 7) is 0.0890. The minimum absolute atomic E-state index is 0.0890. The number of rotatable bonds is 3. The van der Waals surface area contributed by atoms with E-state index in [1.54, 1.807) is 24.3 Å². The van der Waals surface area contributed by atoms with Crippen molar-refractivity contribution in [1.29, 1.82) is 0 Å². The van der Waals surface area contributed by atoms with Gasteiger partial charge in [0.25, 0.3) is 5.91 Å². The number of benzene rings is 2. The van der Waals surface area contributed by atoms with E-state index in [-0.39, 0.29) is 18.0 Å². The lowest BCUT2D eigenvalue weighted by molar-refractivity contribution is 0.0942. The lowest BCUT2D eigenvalue weighted by Crippen LogP contribution is -2.27. The van der Waals surface area contributed by atoms with Gasteiger partial charge in [-0.2, -0.15) is 0 Å². The maximum Gasteiger partial charge on any atom is 0.330 e. The molecule has 4 aromatic rings. The van der Waals surface area contributed by atoms with E-state index in [0.29, 0.717) is 16.5 Å². The Balaban J connectivity index is 1.72. The van der Waals surface area contributed by atoms with E-state index in [9.17, 15) is 19.1 Å². The van der Waals surface area contributed by atoms with Gasteiger partial charge in [-0.1, -0.05) is 24.3 Å². The lowest BCUT2D eigenvalue weighted by atomic mass is 10.2. The van der Waals surface area contributed by atoms with Crippen LogP contribution in [0.2, 0.25) is 0 Å². The van der Waals surface area contributed by atoms with Crippen molar-refractivity contribution in [3.05, 3.63) is 76.0 Å². The number of nitrogens with zero attached hydrogens (tertiary/aromatic N) is 2. The van der Waals surface area contributed by atoms with Gasteiger partial charge in [-0.3, -0.25) is 9.59 Å². The highest BCUT2D eigenvalue weighted by atomic mass is 19.1. The van der Waals surface area contributed by atoms with Crippen LogP contribution in [0, 0.1) is 5.82 Å². The zero-order chi connectivity index (χ0) is 18.3. The molecule has 0 unspecified atom stereocenters. The van der Waals surface area contributed by atoms with E-state index in [1.165, 1.54) is 24.3 Å². The highest BCUT2D eigenvalue weighted by Crippen LogP contribution is 2.21. The number of hydrogen-bond acceptors (Lipinski definition) is 5. The Bertz CT molecular complexity index is 1190. The number of aromatic nitrogens is 2. The summed E-state index contributed by atoms with van der Waals surface area (Å²) >= 11 is 0. The first-order valence-electron chi connectivity index (χ1n) is 7.71. The van der Waals surface area contributed by atoms with Gasteiger partial charge < -0.3 is 14.9 Å². The van der Waals surface area contributed by atoms with Crippen molar-refractivity contribution in [1.82, 2.24) is 14.9 Å². The highest BCUT2D eigenvalue weighted by Gasteiger charge is 2.21. The molecule has 2 N–H and O–H groups in total. The molecule has 0 atom stereocenters. The van der Waals surface area contributed by atoms with E-state index in [2.05, 4.69) is 10.3 Å². The molecule has 2 aromatic carbocycles. The molecule has 26 heavy (non-hydrogen) atoms. The van der Waals surface area contributed by atoms with E-state index in [1.807, 2.05) is 0 Å². The Morgan fingerprint density at radius 3 is 2.69 bits per heavy atom. The summed E-state index contributed by atoms with van der Waals surface area (Å²) in [5.74, 6) is -1.92. The van der Waals surface area contributed by atoms with Gasteiger partial charge in [-0.25, -0.2) is 9.37 Å². The Hall–Kier alpha value is -3.68. The average molecular weight is 353 g/mol. The third-order valence-electron chi connectivity index (χ3n) is 3.92. The zero-order valence-electron chi connectivity index (χ0n) is 13.3. The second-order valence-electron chi connectivity index (χ2n) is 5.63. The van der Waals surface area contributed by atoms with Crippen molar-refractivity contribution in [3.8, 4) is 5.75 Å². The summed E-state index contributed by atoms with van der Waals surface area (Å²) in [4.78, 5) is 28.8. The van der Waals surface area contributed by atoms with Crippen LogP contribution in [0.3, 0.4) is 0 Å². The number of halogens is 1. The first-order valence-corrected chi connectivity index (χ1v) is 7.71. The van der Waals surface area contributed by atoms with Crippen LogP contribution in [-0.2, 0) is 6.54 Å². The standard InChI is InChI=1S/C18H12FN3O4/c19-11-7-5-10(6-8-11)9-20-17(24)14-15(23)18(25)22-16(21-14)12-3-1-2-4-13(12)26-22/h1-8,23H,9H2,(H,20,24). The van der Waals surface area contributed by atoms with E-state index < -0.39 is 22.9 Å². The van der Waals surface area contributed by atoms with Crippen molar-refractivity contribution in [2.45, 2.75) is 6.54 Å². The SMILES string of the molecule is O=C(NCc1ccc(F)cc1)c1nc2c3ccccc3on2c(=O)c1O. The number of amides is 1. The first kappa shape index (κ1) is 15.8. The molecule has 130 valence electrons. The number of aromatic hydroxyl groups is 1. The molecule has 0 saturated carbocycles. The fourth-order valence-electron chi connectivity index (χ4n) is 2.61. The number of fused-ring (bicyclic) bond motifs is 3. The summed E-state index contributed by atoms with van der Waals surface area (Å²) < 4.78 is 19.1. The van der Waals surface area contributed by atoms with Crippen LogP contribution in [0.4, 0.5) is 4.39 Å². The quantitative estimate of drug-likeness (QED) is 0.589. The van der Waals surface area contributed by atoms with Crippen molar-refractivity contribution >= 4 is 22.5 Å². The Morgan fingerprint density at radius 1 is 1.19 bits per heavy atom. The molecule has 7 nitrogen and oxygen atoms in total.